The monoisotopic (exact) mass is 479 g/mol. The van der Waals surface area contributed by atoms with Crippen LogP contribution in [-0.4, -0.2) is 66.5 Å². The van der Waals surface area contributed by atoms with Crippen LogP contribution in [0, 0.1) is 5.92 Å². The zero-order valence-electron chi connectivity index (χ0n) is 20.3. The number of likely N-dealkylation sites (tertiary alicyclic amines) is 1. The van der Waals surface area contributed by atoms with Crippen LogP contribution in [0.1, 0.15) is 30.0 Å². The van der Waals surface area contributed by atoms with Crippen LogP contribution in [0.5, 0.6) is 0 Å². The Morgan fingerprint density at radius 2 is 1.66 bits per heavy atom. The Balaban J connectivity index is 1.34. The van der Waals surface area contributed by atoms with E-state index in [4.69, 9.17) is 9.47 Å². The Morgan fingerprint density at radius 1 is 1.00 bits per heavy atom. The Morgan fingerprint density at radius 3 is 2.29 bits per heavy atom. The van der Waals surface area contributed by atoms with Crippen molar-refractivity contribution in [1.29, 1.82) is 0 Å². The molecule has 1 unspecified atom stereocenters. The summed E-state index contributed by atoms with van der Waals surface area (Å²) in [6.45, 7) is 5.24. The van der Waals surface area contributed by atoms with Gasteiger partial charge in [0.2, 0.25) is 6.10 Å². The fraction of sp³-hybridized carbons (Fsp3) is 0.444. The highest BCUT2D eigenvalue weighted by atomic mass is 16.6. The zero-order valence-corrected chi connectivity index (χ0v) is 20.3. The molecule has 186 valence electrons. The van der Waals surface area contributed by atoms with E-state index in [-0.39, 0.29) is 0 Å². The predicted molar refractivity (Wildman–Crippen MR) is 130 cm³/mol. The van der Waals surface area contributed by atoms with Crippen molar-refractivity contribution in [2.24, 2.45) is 5.92 Å². The minimum Gasteiger partial charge on any atom is -0.449 e. The first-order valence-electron chi connectivity index (χ1n) is 12.0. The van der Waals surface area contributed by atoms with Crippen molar-refractivity contribution < 1.29 is 23.9 Å². The lowest BCUT2D eigenvalue weighted by atomic mass is 10.1. The highest BCUT2D eigenvalue weighted by Gasteiger charge is 2.41. The molecule has 8 nitrogen and oxygen atoms in total. The minimum atomic E-state index is -1.34. The van der Waals surface area contributed by atoms with Crippen molar-refractivity contribution in [2.45, 2.75) is 45.2 Å². The molecule has 2 aromatic carbocycles. The van der Waals surface area contributed by atoms with Gasteiger partial charge in [-0.05, 0) is 35.6 Å². The average molecular weight is 480 g/mol. The number of methoxy groups -OCH3 is 1. The number of esters is 1. The third-order valence-corrected chi connectivity index (χ3v) is 6.66. The first kappa shape index (κ1) is 24.9. The molecule has 2 aliphatic heterocycles. The summed E-state index contributed by atoms with van der Waals surface area (Å²) in [6.07, 6.45) is -1.59. The lowest BCUT2D eigenvalue weighted by molar-refractivity contribution is -0.171. The minimum absolute atomic E-state index is 0.302. The van der Waals surface area contributed by atoms with E-state index in [1.165, 1.54) is 19.6 Å². The second kappa shape index (κ2) is 11.5. The number of amides is 2. The smallest absolute Gasteiger partial charge is 0.303 e. The Hall–Kier alpha value is -3.23. The molecule has 2 amide bonds. The molecule has 0 aliphatic carbocycles. The van der Waals surface area contributed by atoms with E-state index >= 15 is 0 Å². The normalized spacial score (nSPS) is 19.1. The van der Waals surface area contributed by atoms with Crippen LogP contribution in [0.15, 0.2) is 54.6 Å². The van der Waals surface area contributed by atoms with Gasteiger partial charge in [0.1, 0.15) is 0 Å². The SMILES string of the molecule is CO[C@@H](C(=O)NCC1CCN(Cc2ccccc2)C1)[C@@H](OC(C)=O)C(=O)N1Cc2ccccc2C1. The maximum absolute atomic E-state index is 13.3. The molecule has 0 saturated carbocycles. The van der Waals surface area contributed by atoms with Crippen molar-refractivity contribution in [2.75, 3.05) is 26.7 Å². The number of hydrogen-bond acceptors (Lipinski definition) is 6. The van der Waals surface area contributed by atoms with E-state index in [2.05, 4.69) is 22.3 Å². The molecular formula is C27H33N3O5. The van der Waals surface area contributed by atoms with Crippen molar-refractivity contribution in [1.82, 2.24) is 15.1 Å². The van der Waals surface area contributed by atoms with Gasteiger partial charge in [-0.1, -0.05) is 54.6 Å². The molecule has 2 aliphatic rings. The summed E-state index contributed by atoms with van der Waals surface area (Å²) < 4.78 is 10.7. The topological polar surface area (TPSA) is 88.2 Å². The third kappa shape index (κ3) is 6.26. The fourth-order valence-corrected chi connectivity index (χ4v) is 4.87. The Labute approximate surface area is 206 Å². The lowest BCUT2D eigenvalue weighted by Crippen LogP contribution is -2.53. The second-order valence-corrected chi connectivity index (χ2v) is 9.27. The molecular weight excluding hydrogens is 446 g/mol. The molecule has 2 heterocycles. The summed E-state index contributed by atoms with van der Waals surface area (Å²) >= 11 is 0. The summed E-state index contributed by atoms with van der Waals surface area (Å²) in [6, 6.07) is 18.1. The number of rotatable bonds is 9. The van der Waals surface area contributed by atoms with Gasteiger partial charge in [0, 0.05) is 46.8 Å². The highest BCUT2D eigenvalue weighted by Crippen LogP contribution is 2.24. The number of benzene rings is 2. The largest absolute Gasteiger partial charge is 0.449 e. The van der Waals surface area contributed by atoms with Crippen LogP contribution in [-0.2, 0) is 43.5 Å². The molecule has 0 radical (unpaired) electrons. The van der Waals surface area contributed by atoms with Crippen molar-refractivity contribution in [3.05, 3.63) is 71.3 Å². The third-order valence-electron chi connectivity index (χ3n) is 6.66. The molecule has 1 fully saturated rings. The van der Waals surface area contributed by atoms with Crippen molar-refractivity contribution in [3.63, 3.8) is 0 Å². The highest BCUT2D eigenvalue weighted by molar-refractivity contribution is 5.92. The number of carbonyl (C=O) groups excluding carboxylic acids is 3. The standard InChI is InChI=1S/C27H33N3O5/c1-19(31)35-25(27(33)30-17-22-10-6-7-11-23(22)18-30)24(34-2)26(32)28-14-21-12-13-29(16-21)15-20-8-4-3-5-9-20/h3-11,21,24-25H,12-18H2,1-2H3,(H,28,32)/t21?,24-,25-/m1/s1. The molecule has 0 spiro atoms. The molecule has 4 rings (SSSR count). The Kier molecular flexibility index (Phi) is 8.15. The molecule has 3 atom stereocenters. The van der Waals surface area contributed by atoms with Gasteiger partial charge in [-0.15, -0.1) is 0 Å². The van der Waals surface area contributed by atoms with Gasteiger partial charge in [0.05, 0.1) is 0 Å². The van der Waals surface area contributed by atoms with Gasteiger partial charge < -0.3 is 19.7 Å². The summed E-state index contributed by atoms with van der Waals surface area (Å²) in [5.41, 5.74) is 3.35. The van der Waals surface area contributed by atoms with Crippen LogP contribution in [0.25, 0.3) is 0 Å². The molecule has 35 heavy (non-hydrogen) atoms. The van der Waals surface area contributed by atoms with Gasteiger partial charge in [0.15, 0.2) is 6.10 Å². The van der Waals surface area contributed by atoms with Crippen LogP contribution >= 0.6 is 0 Å². The van der Waals surface area contributed by atoms with Gasteiger partial charge >= 0.3 is 5.97 Å². The van der Waals surface area contributed by atoms with E-state index in [1.807, 2.05) is 42.5 Å². The average Bonchev–Trinajstić information content (AvgIpc) is 3.49. The number of nitrogens with zero attached hydrogens (tertiary/aromatic N) is 2. The molecule has 0 bridgehead atoms. The van der Waals surface area contributed by atoms with Crippen LogP contribution < -0.4 is 5.32 Å². The molecule has 1 saturated heterocycles. The maximum atomic E-state index is 13.3. The zero-order chi connectivity index (χ0) is 24.8. The molecule has 2 aromatic rings. The molecule has 0 aromatic heterocycles. The summed E-state index contributed by atoms with van der Waals surface area (Å²) in [5.74, 6) is -1.22. The van der Waals surface area contributed by atoms with Crippen molar-refractivity contribution in [3.8, 4) is 0 Å². The van der Waals surface area contributed by atoms with Crippen molar-refractivity contribution >= 4 is 17.8 Å². The van der Waals surface area contributed by atoms with E-state index in [9.17, 15) is 14.4 Å². The predicted octanol–water partition coefficient (Wildman–Crippen LogP) is 2.11. The number of hydrogen-bond donors (Lipinski definition) is 1. The number of fused-ring (bicyclic) bond motifs is 1. The van der Waals surface area contributed by atoms with E-state index in [0.717, 1.165) is 37.2 Å². The van der Waals surface area contributed by atoms with Crippen LogP contribution in [0.4, 0.5) is 0 Å². The van der Waals surface area contributed by atoms with Crippen LogP contribution in [0.3, 0.4) is 0 Å². The Bertz CT molecular complexity index is 1020. The fourth-order valence-electron chi connectivity index (χ4n) is 4.87. The molecule has 1 N–H and O–H groups in total. The summed E-state index contributed by atoms with van der Waals surface area (Å²) in [4.78, 5) is 42.1. The van der Waals surface area contributed by atoms with E-state index < -0.39 is 30.0 Å². The first-order chi connectivity index (χ1) is 16.9. The lowest BCUT2D eigenvalue weighted by Gasteiger charge is -2.28. The second-order valence-electron chi connectivity index (χ2n) is 9.27. The quantitative estimate of drug-likeness (QED) is 0.555. The number of nitrogens with one attached hydrogen (secondary N) is 1. The van der Waals surface area contributed by atoms with E-state index in [0.29, 0.717) is 25.6 Å². The summed E-state index contributed by atoms with van der Waals surface area (Å²) in [5, 5.41) is 2.92. The van der Waals surface area contributed by atoms with Gasteiger partial charge in [-0.2, -0.15) is 0 Å². The van der Waals surface area contributed by atoms with E-state index in [1.54, 1.807) is 4.90 Å². The number of carbonyl (C=O) groups is 3. The first-order valence-corrected chi connectivity index (χ1v) is 12.0. The van der Waals surface area contributed by atoms with Gasteiger partial charge in [-0.3, -0.25) is 19.3 Å². The number of ether oxygens (including phenoxy) is 2. The molecule has 8 heteroatoms. The van der Waals surface area contributed by atoms with Gasteiger partial charge in [0.25, 0.3) is 11.8 Å². The summed E-state index contributed by atoms with van der Waals surface area (Å²) in [7, 11) is 1.35. The maximum Gasteiger partial charge on any atom is 0.303 e. The van der Waals surface area contributed by atoms with Gasteiger partial charge in [-0.25, -0.2) is 0 Å². The van der Waals surface area contributed by atoms with Crippen LogP contribution in [0.2, 0.25) is 0 Å².